The van der Waals surface area contributed by atoms with Gasteiger partial charge >= 0.3 is 0 Å². The van der Waals surface area contributed by atoms with Crippen LogP contribution in [0.2, 0.25) is 0 Å². The Bertz CT molecular complexity index is 595. The average Bonchev–Trinajstić information content (AvgIpc) is 3.10. The molecule has 1 heteroatoms. The van der Waals surface area contributed by atoms with Crippen LogP contribution in [0, 0.1) is 46.3 Å². The largest absolute Gasteiger partial charge is 0.317 e. The van der Waals surface area contributed by atoms with Crippen LogP contribution < -0.4 is 5.32 Å². The molecule has 186 valence electrons. The predicted molar refractivity (Wildman–Crippen MR) is 142 cm³/mol. The molecule has 3 rings (SSSR count). The Balaban J connectivity index is 1.72. The normalized spacial score (nSPS) is 41.3. The topological polar surface area (TPSA) is 12.0 Å². The zero-order valence-electron chi connectivity index (χ0n) is 22.8. The monoisotopic (exact) mass is 443 g/mol. The summed E-state index contributed by atoms with van der Waals surface area (Å²) in [6.07, 6.45) is 18.2. The molecule has 0 aliphatic heterocycles. The molecule has 8 atom stereocenters. The first-order valence-corrected chi connectivity index (χ1v) is 14.7. The van der Waals surface area contributed by atoms with Crippen LogP contribution >= 0.6 is 0 Å². The summed E-state index contributed by atoms with van der Waals surface area (Å²) in [5, 5.41) is 3.72. The summed E-state index contributed by atoms with van der Waals surface area (Å²) in [7, 11) is 0. The molecule has 0 aromatic heterocycles. The van der Waals surface area contributed by atoms with Crippen molar-refractivity contribution in [1.82, 2.24) is 5.32 Å². The molecule has 3 aliphatic carbocycles. The van der Waals surface area contributed by atoms with Crippen molar-refractivity contribution in [2.75, 3.05) is 13.1 Å². The molecule has 1 N–H and O–H groups in total. The highest BCUT2D eigenvalue weighted by Crippen LogP contribution is 2.68. The molecule has 3 fully saturated rings. The molecule has 0 saturated heterocycles. The van der Waals surface area contributed by atoms with Crippen molar-refractivity contribution in [2.24, 2.45) is 46.3 Å². The Morgan fingerprint density at radius 3 is 2.41 bits per heavy atom. The number of hydrogen-bond donors (Lipinski definition) is 1. The number of fused-ring (bicyclic) bond motifs is 3. The molecular formula is C31H57N. The van der Waals surface area contributed by atoms with Crippen molar-refractivity contribution in [1.29, 1.82) is 0 Å². The first-order valence-electron chi connectivity index (χ1n) is 14.7. The summed E-state index contributed by atoms with van der Waals surface area (Å²) in [5.41, 5.74) is 2.65. The predicted octanol–water partition coefficient (Wildman–Crippen LogP) is 9.03. The lowest BCUT2D eigenvalue weighted by molar-refractivity contribution is -0.126. The second kappa shape index (κ2) is 11.4. The molecule has 0 radical (unpaired) electrons. The molecule has 0 amide bonds. The molecule has 0 heterocycles. The van der Waals surface area contributed by atoms with Crippen LogP contribution in [0.15, 0.2) is 12.2 Å². The van der Waals surface area contributed by atoms with Gasteiger partial charge in [-0.2, -0.15) is 0 Å². The summed E-state index contributed by atoms with van der Waals surface area (Å²) >= 11 is 0. The minimum atomic E-state index is 0.568. The van der Waals surface area contributed by atoms with Gasteiger partial charge in [0.15, 0.2) is 0 Å². The Morgan fingerprint density at radius 1 is 0.938 bits per heavy atom. The van der Waals surface area contributed by atoms with E-state index in [0.29, 0.717) is 10.8 Å². The van der Waals surface area contributed by atoms with E-state index in [1.807, 2.05) is 0 Å². The second-order valence-corrected chi connectivity index (χ2v) is 12.8. The fraction of sp³-hybridized carbons (Fsp3) is 0.935. The Labute approximate surface area is 202 Å². The third kappa shape index (κ3) is 5.18. The highest BCUT2D eigenvalue weighted by atomic mass is 14.8. The molecule has 8 unspecified atom stereocenters. The maximum absolute atomic E-state index is 4.27. The van der Waals surface area contributed by atoms with Crippen LogP contribution in [0.3, 0.4) is 0 Å². The highest BCUT2D eigenvalue weighted by molar-refractivity contribution is 5.09. The molecule has 0 aromatic rings. The van der Waals surface area contributed by atoms with Gasteiger partial charge in [0.25, 0.3) is 0 Å². The van der Waals surface area contributed by atoms with Gasteiger partial charge in [0, 0.05) is 0 Å². The van der Waals surface area contributed by atoms with Gasteiger partial charge in [0.1, 0.15) is 0 Å². The van der Waals surface area contributed by atoms with Crippen LogP contribution in [-0.4, -0.2) is 13.1 Å². The molecule has 32 heavy (non-hydrogen) atoms. The average molecular weight is 444 g/mol. The van der Waals surface area contributed by atoms with Crippen molar-refractivity contribution in [3.8, 4) is 0 Å². The summed E-state index contributed by atoms with van der Waals surface area (Å²) < 4.78 is 0. The van der Waals surface area contributed by atoms with E-state index in [2.05, 4.69) is 53.4 Å². The molecule has 1 nitrogen and oxygen atoms in total. The summed E-state index contributed by atoms with van der Waals surface area (Å²) in [6, 6.07) is 0. The standard InChI is InChI=1S/C31H57N/c1-8-18-30(6)26(17-21-32-20-9-2)22-24(5)29-27-15-14-25(13-11-12-23(4)10-3)31(27,7)19-16-28(29)30/h24-29,32H,4,8-22H2,1-3,5-7H3. The first kappa shape index (κ1) is 26.3. The van der Waals surface area contributed by atoms with Crippen molar-refractivity contribution >= 4 is 0 Å². The van der Waals surface area contributed by atoms with Crippen LogP contribution in [0.25, 0.3) is 0 Å². The molecule has 0 bridgehead atoms. The number of allylic oxidation sites excluding steroid dienone is 1. The fourth-order valence-corrected chi connectivity index (χ4v) is 9.25. The maximum atomic E-state index is 4.27. The van der Waals surface area contributed by atoms with Crippen molar-refractivity contribution < 1.29 is 0 Å². The van der Waals surface area contributed by atoms with Gasteiger partial charge in [-0.25, -0.2) is 0 Å². The van der Waals surface area contributed by atoms with E-state index < -0.39 is 0 Å². The number of rotatable bonds is 12. The van der Waals surface area contributed by atoms with Crippen molar-refractivity contribution in [3.63, 3.8) is 0 Å². The Kier molecular flexibility index (Phi) is 9.39. The van der Waals surface area contributed by atoms with E-state index in [0.717, 1.165) is 41.9 Å². The number of nitrogens with one attached hydrogen (secondary N) is 1. The van der Waals surface area contributed by atoms with Gasteiger partial charge in [0.2, 0.25) is 0 Å². The third-order valence-electron chi connectivity index (χ3n) is 11.1. The zero-order chi connectivity index (χ0) is 23.4. The minimum Gasteiger partial charge on any atom is -0.317 e. The zero-order valence-corrected chi connectivity index (χ0v) is 22.8. The van der Waals surface area contributed by atoms with Gasteiger partial charge in [-0.1, -0.05) is 60.1 Å². The maximum Gasteiger partial charge on any atom is -0.00461 e. The molecular weight excluding hydrogens is 386 g/mol. The van der Waals surface area contributed by atoms with E-state index >= 15 is 0 Å². The van der Waals surface area contributed by atoms with E-state index in [4.69, 9.17) is 0 Å². The lowest BCUT2D eigenvalue weighted by Crippen LogP contribution is -2.55. The van der Waals surface area contributed by atoms with Crippen molar-refractivity contribution in [2.45, 2.75) is 125 Å². The van der Waals surface area contributed by atoms with Crippen LogP contribution in [0.5, 0.6) is 0 Å². The highest BCUT2D eigenvalue weighted by Gasteiger charge is 2.60. The lowest BCUT2D eigenvalue weighted by Gasteiger charge is -2.61. The van der Waals surface area contributed by atoms with Crippen LogP contribution in [0.1, 0.15) is 125 Å². The molecule has 3 aliphatic rings. The lowest BCUT2D eigenvalue weighted by atomic mass is 9.43. The minimum absolute atomic E-state index is 0.568. The van der Waals surface area contributed by atoms with Gasteiger partial charge < -0.3 is 5.32 Å². The van der Waals surface area contributed by atoms with Crippen LogP contribution in [0.4, 0.5) is 0 Å². The van der Waals surface area contributed by atoms with Crippen molar-refractivity contribution in [3.05, 3.63) is 12.2 Å². The molecule has 0 spiro atoms. The van der Waals surface area contributed by atoms with E-state index in [-0.39, 0.29) is 0 Å². The summed E-state index contributed by atoms with van der Waals surface area (Å²) in [4.78, 5) is 0. The van der Waals surface area contributed by atoms with Gasteiger partial charge in [-0.05, 0) is 136 Å². The second-order valence-electron chi connectivity index (χ2n) is 12.8. The quantitative estimate of drug-likeness (QED) is 0.234. The Hall–Kier alpha value is -0.300. The summed E-state index contributed by atoms with van der Waals surface area (Å²) in [6.45, 7) is 21.8. The third-order valence-corrected chi connectivity index (χ3v) is 11.1. The smallest absolute Gasteiger partial charge is 0.00461 e. The van der Waals surface area contributed by atoms with Crippen LogP contribution in [-0.2, 0) is 0 Å². The van der Waals surface area contributed by atoms with Gasteiger partial charge in [0.05, 0.1) is 0 Å². The fourth-order valence-electron chi connectivity index (χ4n) is 9.25. The SMILES string of the molecule is C=C(CC)CCCC1CCC2C3C(C)CC(CCNCCC)C(C)(CCC)C3CCC12C. The molecule has 3 saturated carbocycles. The van der Waals surface area contributed by atoms with E-state index in [9.17, 15) is 0 Å². The van der Waals surface area contributed by atoms with Gasteiger partial charge in [-0.15, -0.1) is 0 Å². The summed E-state index contributed by atoms with van der Waals surface area (Å²) in [5.74, 6) is 5.76. The first-order chi connectivity index (χ1) is 15.3. The molecule has 0 aromatic carbocycles. The Morgan fingerprint density at radius 2 is 1.72 bits per heavy atom. The van der Waals surface area contributed by atoms with E-state index in [1.54, 1.807) is 0 Å². The number of hydrogen-bond acceptors (Lipinski definition) is 1. The van der Waals surface area contributed by atoms with Gasteiger partial charge in [-0.3, -0.25) is 0 Å². The van der Waals surface area contributed by atoms with E-state index in [1.165, 1.54) is 95.7 Å².